The first-order valence-corrected chi connectivity index (χ1v) is 8.86. The molecule has 0 spiro atoms. The number of benzene rings is 1. The van der Waals surface area contributed by atoms with E-state index in [4.69, 9.17) is 32.7 Å². The van der Waals surface area contributed by atoms with Crippen LogP contribution in [0.3, 0.4) is 0 Å². The summed E-state index contributed by atoms with van der Waals surface area (Å²) < 4.78 is 11.8. The number of nitrogens with zero attached hydrogens (tertiary/aromatic N) is 2. The number of rotatable bonds is 6. The van der Waals surface area contributed by atoms with E-state index in [1.807, 2.05) is 13.1 Å². The van der Waals surface area contributed by atoms with E-state index < -0.39 is 5.97 Å². The second-order valence-electron chi connectivity index (χ2n) is 5.64. The van der Waals surface area contributed by atoms with Crippen molar-refractivity contribution >= 4 is 35.1 Å². The molecule has 9 heteroatoms. The molecule has 0 saturated carbocycles. The molecule has 0 saturated heterocycles. The maximum absolute atomic E-state index is 11.9. The van der Waals surface area contributed by atoms with Gasteiger partial charge in [0.05, 0.1) is 25.8 Å². The van der Waals surface area contributed by atoms with Gasteiger partial charge in [-0.15, -0.1) is 0 Å². The van der Waals surface area contributed by atoms with Crippen molar-refractivity contribution < 1.29 is 14.3 Å². The van der Waals surface area contributed by atoms with Crippen molar-refractivity contribution in [2.24, 2.45) is 12.0 Å². The number of guanidine groups is 1. The monoisotopic (exact) mass is 412 g/mol. The summed E-state index contributed by atoms with van der Waals surface area (Å²) in [4.78, 5) is 16.1. The lowest BCUT2D eigenvalue weighted by molar-refractivity contribution is 0.0597. The highest BCUT2D eigenvalue weighted by Crippen LogP contribution is 2.25. The zero-order valence-corrected chi connectivity index (χ0v) is 17.1. The van der Waals surface area contributed by atoms with E-state index in [0.29, 0.717) is 40.5 Å². The Balaban J connectivity index is 2.01. The fourth-order valence-corrected chi connectivity index (χ4v) is 2.89. The van der Waals surface area contributed by atoms with Gasteiger partial charge in [0.25, 0.3) is 0 Å². The number of esters is 1. The van der Waals surface area contributed by atoms with Gasteiger partial charge in [0.2, 0.25) is 0 Å². The Bertz CT molecular complexity index is 849. The normalized spacial score (nSPS) is 11.3. The fraction of sp³-hybridized carbons (Fsp3) is 0.333. The largest absolute Gasteiger partial charge is 0.496 e. The van der Waals surface area contributed by atoms with E-state index in [1.54, 1.807) is 29.8 Å². The highest BCUT2D eigenvalue weighted by Gasteiger charge is 2.14. The molecule has 0 atom stereocenters. The molecule has 0 bridgehead atoms. The summed E-state index contributed by atoms with van der Waals surface area (Å²) in [5, 5.41) is 7.38. The van der Waals surface area contributed by atoms with Gasteiger partial charge >= 0.3 is 5.97 Å². The third-order valence-corrected chi connectivity index (χ3v) is 4.85. The first-order valence-electron chi connectivity index (χ1n) is 8.10. The van der Waals surface area contributed by atoms with Crippen molar-refractivity contribution in [1.82, 2.24) is 15.2 Å². The summed E-state index contributed by atoms with van der Waals surface area (Å²) in [6.45, 7) is 0.959. The summed E-state index contributed by atoms with van der Waals surface area (Å²) >= 11 is 12.1. The third-order valence-electron chi connectivity index (χ3n) is 4.01. The maximum Gasteiger partial charge on any atom is 0.341 e. The van der Waals surface area contributed by atoms with Crippen molar-refractivity contribution in [3.05, 3.63) is 51.3 Å². The molecule has 1 heterocycles. The molecule has 0 unspecified atom stereocenters. The van der Waals surface area contributed by atoms with Gasteiger partial charge in [-0.2, -0.15) is 0 Å². The van der Waals surface area contributed by atoms with Crippen LogP contribution in [0.2, 0.25) is 10.2 Å². The molecule has 0 amide bonds. The molecule has 2 aromatic rings. The average molecular weight is 413 g/mol. The Kier molecular flexibility index (Phi) is 7.38. The number of methoxy groups -OCH3 is 2. The maximum atomic E-state index is 11.9. The van der Waals surface area contributed by atoms with E-state index in [-0.39, 0.29) is 0 Å². The summed E-state index contributed by atoms with van der Waals surface area (Å²) in [6.07, 6.45) is 0. The van der Waals surface area contributed by atoms with Crippen LogP contribution in [-0.2, 0) is 24.9 Å². The minimum Gasteiger partial charge on any atom is -0.496 e. The molecule has 0 radical (unpaired) electrons. The number of aromatic nitrogens is 1. The number of ether oxygens (including phenoxy) is 2. The van der Waals surface area contributed by atoms with Crippen molar-refractivity contribution in [1.29, 1.82) is 0 Å². The summed E-state index contributed by atoms with van der Waals surface area (Å²) in [7, 11) is 6.36. The first kappa shape index (κ1) is 20.9. The van der Waals surface area contributed by atoms with Crippen LogP contribution in [-0.4, -0.2) is 37.8 Å². The Morgan fingerprint density at radius 2 is 1.89 bits per heavy atom. The van der Waals surface area contributed by atoms with Crippen molar-refractivity contribution in [3.8, 4) is 5.75 Å². The lowest BCUT2D eigenvalue weighted by Gasteiger charge is -2.14. The number of nitrogens with one attached hydrogen (secondary N) is 2. The summed E-state index contributed by atoms with van der Waals surface area (Å²) in [6, 6.07) is 7.12. The SMILES string of the molecule is CN=C(NCc1ccc(OC)c(C(=O)OC)c1)NCc1cc(Cl)c(Cl)n1C. The predicted octanol–water partition coefficient (Wildman–Crippen LogP) is 2.99. The van der Waals surface area contributed by atoms with Crippen LogP contribution in [0, 0.1) is 0 Å². The van der Waals surface area contributed by atoms with Crippen LogP contribution in [0.25, 0.3) is 0 Å². The Labute approximate surface area is 168 Å². The molecule has 1 aromatic heterocycles. The van der Waals surface area contributed by atoms with Crippen molar-refractivity contribution in [2.75, 3.05) is 21.3 Å². The third kappa shape index (κ3) is 5.08. The molecule has 1 aromatic carbocycles. The van der Waals surface area contributed by atoms with Crippen LogP contribution < -0.4 is 15.4 Å². The van der Waals surface area contributed by atoms with Gasteiger partial charge in [-0.1, -0.05) is 29.3 Å². The Morgan fingerprint density at radius 1 is 1.19 bits per heavy atom. The molecule has 2 rings (SSSR count). The van der Waals surface area contributed by atoms with Crippen LogP contribution in [0.5, 0.6) is 5.75 Å². The molecule has 2 N–H and O–H groups in total. The molecule has 0 aliphatic rings. The second kappa shape index (κ2) is 9.53. The smallest absolute Gasteiger partial charge is 0.341 e. The van der Waals surface area contributed by atoms with E-state index >= 15 is 0 Å². The molecule has 146 valence electrons. The fourth-order valence-electron chi connectivity index (χ4n) is 2.47. The molecule has 7 nitrogen and oxygen atoms in total. The second-order valence-corrected chi connectivity index (χ2v) is 6.40. The van der Waals surface area contributed by atoms with Crippen LogP contribution in [0.4, 0.5) is 0 Å². The predicted molar refractivity (Wildman–Crippen MR) is 107 cm³/mol. The minimum absolute atomic E-state index is 0.371. The summed E-state index contributed by atoms with van der Waals surface area (Å²) in [5.74, 6) is 0.609. The lowest BCUT2D eigenvalue weighted by Crippen LogP contribution is -2.36. The number of carbonyl (C=O) groups is 1. The van der Waals surface area contributed by atoms with E-state index in [0.717, 1.165) is 11.3 Å². The number of carbonyl (C=O) groups excluding carboxylic acids is 1. The molecule has 0 aliphatic carbocycles. The molecular weight excluding hydrogens is 391 g/mol. The number of aliphatic imine (C=N–C) groups is 1. The van der Waals surface area contributed by atoms with Gasteiger partial charge < -0.3 is 24.7 Å². The highest BCUT2D eigenvalue weighted by atomic mass is 35.5. The van der Waals surface area contributed by atoms with Crippen molar-refractivity contribution in [3.63, 3.8) is 0 Å². The van der Waals surface area contributed by atoms with Crippen molar-refractivity contribution in [2.45, 2.75) is 13.1 Å². The van der Waals surface area contributed by atoms with Gasteiger partial charge in [-0.05, 0) is 23.8 Å². The van der Waals surface area contributed by atoms with Gasteiger partial charge in [-0.3, -0.25) is 4.99 Å². The van der Waals surface area contributed by atoms with Gasteiger partial charge in [-0.25, -0.2) is 4.79 Å². The van der Waals surface area contributed by atoms with E-state index in [2.05, 4.69) is 15.6 Å². The number of halogens is 2. The molecule has 0 aliphatic heterocycles. The molecule has 0 fully saturated rings. The van der Waals surface area contributed by atoms with E-state index in [1.165, 1.54) is 14.2 Å². The Morgan fingerprint density at radius 3 is 2.44 bits per heavy atom. The highest BCUT2D eigenvalue weighted by molar-refractivity contribution is 6.41. The zero-order chi connectivity index (χ0) is 20.0. The Hall–Kier alpha value is -2.38. The quantitative estimate of drug-likeness (QED) is 0.433. The van der Waals surface area contributed by atoms with Gasteiger partial charge in [0.15, 0.2) is 5.96 Å². The molecule has 27 heavy (non-hydrogen) atoms. The standard InChI is InChI=1S/C18H22Cl2N4O3/c1-21-18(23-10-12-8-14(19)16(20)24(12)2)22-9-11-5-6-15(26-3)13(7-11)17(25)27-4/h5-8H,9-10H2,1-4H3,(H2,21,22,23). The van der Waals surface area contributed by atoms with Crippen LogP contribution >= 0.6 is 23.2 Å². The molecular formula is C18H22Cl2N4O3. The lowest BCUT2D eigenvalue weighted by atomic mass is 10.1. The van der Waals surface area contributed by atoms with Gasteiger partial charge in [0.1, 0.15) is 16.5 Å². The topological polar surface area (TPSA) is 76.9 Å². The average Bonchev–Trinajstić information content (AvgIpc) is 2.94. The van der Waals surface area contributed by atoms with Crippen LogP contribution in [0.1, 0.15) is 21.6 Å². The number of hydrogen-bond donors (Lipinski definition) is 2. The minimum atomic E-state index is -0.450. The van der Waals surface area contributed by atoms with E-state index in [9.17, 15) is 4.79 Å². The number of hydrogen-bond acceptors (Lipinski definition) is 4. The zero-order valence-electron chi connectivity index (χ0n) is 15.6. The van der Waals surface area contributed by atoms with Gasteiger partial charge in [0, 0.05) is 26.3 Å². The summed E-state index contributed by atoms with van der Waals surface area (Å²) in [5.41, 5.74) is 2.17. The first-order chi connectivity index (χ1) is 12.9. The van der Waals surface area contributed by atoms with Crippen LogP contribution in [0.15, 0.2) is 29.3 Å².